The van der Waals surface area contributed by atoms with E-state index in [2.05, 4.69) is 32.4 Å². The molecule has 0 aromatic heterocycles. The van der Waals surface area contributed by atoms with Gasteiger partial charge in [0.2, 0.25) is 0 Å². The predicted octanol–water partition coefficient (Wildman–Crippen LogP) is 6.31. The smallest absolute Gasteiger partial charge is 0.270 e. The third-order valence-electron chi connectivity index (χ3n) is 7.75. The summed E-state index contributed by atoms with van der Waals surface area (Å²) in [6.45, 7) is 3.13. The molecule has 4 aromatic carbocycles. The molecule has 0 atom stereocenters. The van der Waals surface area contributed by atoms with Gasteiger partial charge in [0.15, 0.2) is 0 Å². The summed E-state index contributed by atoms with van der Waals surface area (Å²) in [5, 5.41) is 17.5. The average molecular weight is 610 g/mol. The van der Waals surface area contributed by atoms with Gasteiger partial charge in [0.1, 0.15) is 0 Å². The van der Waals surface area contributed by atoms with Crippen molar-refractivity contribution in [1.29, 1.82) is 0 Å². The highest BCUT2D eigenvalue weighted by atomic mass is 32.2. The van der Waals surface area contributed by atoms with E-state index in [0.29, 0.717) is 22.5 Å². The fraction of sp³-hybridized carbons (Fsp3) is 0.182. The third kappa shape index (κ3) is 6.34. The first kappa shape index (κ1) is 29.1. The molecule has 0 aliphatic carbocycles. The van der Waals surface area contributed by atoms with Crippen LogP contribution in [0.15, 0.2) is 102 Å². The molecule has 44 heavy (non-hydrogen) atoms. The molecule has 1 saturated heterocycles. The van der Waals surface area contributed by atoms with E-state index in [4.69, 9.17) is 0 Å². The Labute approximate surface area is 255 Å². The van der Waals surface area contributed by atoms with Crippen molar-refractivity contribution in [2.24, 2.45) is 0 Å². The van der Waals surface area contributed by atoms with Crippen LogP contribution in [0.5, 0.6) is 0 Å². The van der Waals surface area contributed by atoms with Crippen molar-refractivity contribution < 1.29 is 18.1 Å². The molecule has 1 amide bonds. The molecule has 0 bridgehead atoms. The number of rotatable bonds is 9. The highest BCUT2D eigenvalue weighted by Crippen LogP contribution is 2.39. The minimum Gasteiger partial charge on any atom is -0.354 e. The predicted molar refractivity (Wildman–Crippen MR) is 171 cm³/mol. The van der Waals surface area contributed by atoms with Gasteiger partial charge in [-0.2, -0.15) is 0 Å². The normalized spacial score (nSPS) is 16.1. The monoisotopic (exact) mass is 609 g/mol. The fourth-order valence-electron chi connectivity index (χ4n) is 5.55. The molecule has 0 spiro atoms. The van der Waals surface area contributed by atoms with E-state index in [1.165, 1.54) is 49.1 Å². The summed E-state index contributed by atoms with van der Waals surface area (Å²) >= 11 is 0. The Hall–Kier alpha value is -5.00. The van der Waals surface area contributed by atoms with Crippen LogP contribution in [0, 0.1) is 10.1 Å². The van der Waals surface area contributed by atoms with Crippen LogP contribution in [0.1, 0.15) is 36.0 Å². The summed E-state index contributed by atoms with van der Waals surface area (Å²) in [4.78, 5) is 26.2. The van der Waals surface area contributed by atoms with Gasteiger partial charge >= 0.3 is 0 Å². The van der Waals surface area contributed by atoms with Crippen molar-refractivity contribution in [2.45, 2.75) is 30.7 Å². The maximum absolute atomic E-state index is 13.4. The van der Waals surface area contributed by atoms with Gasteiger partial charge in [-0.05, 0) is 73.5 Å². The lowest BCUT2D eigenvalue weighted by molar-refractivity contribution is -0.385. The number of carbonyl (C=O) groups is 1. The number of sulfonamides is 1. The molecule has 0 unspecified atom stereocenters. The molecule has 3 N–H and O–H groups in total. The van der Waals surface area contributed by atoms with Crippen molar-refractivity contribution >= 4 is 50.0 Å². The number of anilines is 3. The molecule has 0 radical (unpaired) electrons. The van der Waals surface area contributed by atoms with Gasteiger partial charge in [-0.25, -0.2) is 8.42 Å². The van der Waals surface area contributed by atoms with Gasteiger partial charge in [-0.1, -0.05) is 55.0 Å². The molecule has 2 aliphatic heterocycles. The molecule has 2 heterocycles. The number of nitrogens with zero attached hydrogens (tertiary/aromatic N) is 2. The Morgan fingerprint density at radius 3 is 2.32 bits per heavy atom. The Morgan fingerprint density at radius 1 is 0.864 bits per heavy atom. The lowest BCUT2D eigenvalue weighted by Gasteiger charge is -2.26. The Morgan fingerprint density at radius 2 is 1.59 bits per heavy atom. The molecule has 2 aliphatic rings. The molecule has 4 aromatic rings. The van der Waals surface area contributed by atoms with Gasteiger partial charge in [0.25, 0.3) is 21.6 Å². The number of hydrogen-bond acceptors (Lipinski definition) is 7. The standard InChI is InChI=1S/C33H31N5O5S/c39-33-31(29-20-26(16-17-30(29)35-33)36-44(42,43)28-11-7-10-27(21-28)38(40)41)32(24-8-3-1-4-9-24)34-25-14-12-23(13-15-25)22-37-18-5-2-6-19-37/h1,3-4,7-17,20-21,34,36H,2,5-6,18-19,22H2,(H,35,39). The van der Waals surface area contributed by atoms with Gasteiger partial charge in [-0.3, -0.25) is 24.5 Å². The first-order valence-corrected chi connectivity index (χ1v) is 15.9. The van der Waals surface area contributed by atoms with Gasteiger partial charge < -0.3 is 10.6 Å². The summed E-state index contributed by atoms with van der Waals surface area (Å²) in [5.74, 6) is -0.327. The Bertz CT molecular complexity index is 1850. The maximum atomic E-state index is 13.4. The number of fused-ring (bicyclic) bond motifs is 1. The molecule has 6 rings (SSSR count). The van der Waals surface area contributed by atoms with Gasteiger partial charge in [0, 0.05) is 41.3 Å². The molecular formula is C33H31N5O5S. The van der Waals surface area contributed by atoms with Crippen molar-refractivity contribution in [3.05, 3.63) is 124 Å². The number of hydrogen-bond donors (Lipinski definition) is 3. The Balaban J connectivity index is 1.33. The minimum absolute atomic E-state index is 0.207. The second-order valence-electron chi connectivity index (χ2n) is 10.8. The minimum atomic E-state index is -4.15. The number of benzene rings is 4. The van der Waals surface area contributed by atoms with Gasteiger partial charge in [0.05, 0.1) is 21.1 Å². The largest absolute Gasteiger partial charge is 0.354 e. The van der Waals surface area contributed by atoms with Crippen molar-refractivity contribution in [3.63, 3.8) is 0 Å². The maximum Gasteiger partial charge on any atom is 0.270 e. The summed E-state index contributed by atoms with van der Waals surface area (Å²) in [6.07, 6.45) is 3.75. The first-order chi connectivity index (χ1) is 21.3. The van der Waals surface area contributed by atoms with Crippen LogP contribution in [0.3, 0.4) is 0 Å². The average Bonchev–Trinajstić information content (AvgIpc) is 3.36. The highest BCUT2D eigenvalue weighted by molar-refractivity contribution is 7.92. The molecule has 1 fully saturated rings. The quantitative estimate of drug-likeness (QED) is 0.115. The fourth-order valence-corrected chi connectivity index (χ4v) is 6.64. The summed E-state index contributed by atoms with van der Waals surface area (Å²) in [5.41, 5.74) is 4.67. The van der Waals surface area contributed by atoms with Crippen LogP contribution in [0.4, 0.5) is 22.7 Å². The van der Waals surface area contributed by atoms with Crippen LogP contribution in [0.2, 0.25) is 0 Å². The van der Waals surface area contributed by atoms with E-state index in [0.717, 1.165) is 37.0 Å². The summed E-state index contributed by atoms with van der Waals surface area (Å²) in [6, 6.07) is 27.2. The van der Waals surface area contributed by atoms with Gasteiger partial charge in [-0.15, -0.1) is 0 Å². The third-order valence-corrected chi connectivity index (χ3v) is 9.12. The number of nitro benzene ring substituents is 1. The van der Waals surface area contributed by atoms with Crippen LogP contribution in [0.25, 0.3) is 11.3 Å². The zero-order valence-electron chi connectivity index (χ0n) is 23.8. The van der Waals surface area contributed by atoms with E-state index in [1.54, 1.807) is 12.1 Å². The number of piperidine rings is 1. The van der Waals surface area contributed by atoms with Crippen LogP contribution in [-0.2, 0) is 21.4 Å². The van der Waals surface area contributed by atoms with Crippen LogP contribution >= 0.6 is 0 Å². The van der Waals surface area contributed by atoms with Crippen LogP contribution < -0.4 is 15.4 Å². The van der Waals surface area contributed by atoms with E-state index in [-0.39, 0.29) is 22.2 Å². The highest BCUT2D eigenvalue weighted by Gasteiger charge is 2.29. The Kier molecular flexibility index (Phi) is 8.14. The van der Waals surface area contributed by atoms with E-state index >= 15 is 0 Å². The first-order valence-electron chi connectivity index (χ1n) is 14.4. The number of nitro groups is 1. The molecule has 224 valence electrons. The second-order valence-corrected chi connectivity index (χ2v) is 12.5. The van der Waals surface area contributed by atoms with E-state index in [9.17, 15) is 23.3 Å². The lowest BCUT2D eigenvalue weighted by atomic mass is 9.99. The van der Waals surface area contributed by atoms with E-state index in [1.807, 2.05) is 42.5 Å². The topological polar surface area (TPSA) is 134 Å². The summed E-state index contributed by atoms with van der Waals surface area (Å²) in [7, 11) is -4.15. The molecule has 10 nitrogen and oxygen atoms in total. The number of likely N-dealkylation sites (tertiary alicyclic amines) is 1. The molecule has 0 saturated carbocycles. The lowest BCUT2D eigenvalue weighted by Crippen LogP contribution is -2.29. The van der Waals surface area contributed by atoms with Crippen molar-refractivity contribution in [2.75, 3.05) is 28.4 Å². The van der Waals surface area contributed by atoms with Crippen molar-refractivity contribution in [1.82, 2.24) is 4.90 Å². The number of non-ortho nitro benzene ring substituents is 1. The van der Waals surface area contributed by atoms with E-state index < -0.39 is 14.9 Å². The van der Waals surface area contributed by atoms with Crippen LogP contribution in [-0.4, -0.2) is 37.2 Å². The second kappa shape index (κ2) is 12.3. The SMILES string of the molecule is O=C1Nc2ccc(NS(=O)(=O)c3cccc([N+](=O)[O-])c3)cc2C1=C(Nc1ccc(CN2CCCCC2)cc1)c1ccccc1. The molecule has 11 heteroatoms. The number of carbonyl (C=O) groups excluding carboxylic acids is 1. The van der Waals surface area contributed by atoms with Crippen molar-refractivity contribution in [3.8, 4) is 0 Å². The zero-order valence-corrected chi connectivity index (χ0v) is 24.6. The summed E-state index contributed by atoms with van der Waals surface area (Å²) < 4.78 is 28.8. The molecular weight excluding hydrogens is 578 g/mol. The zero-order chi connectivity index (χ0) is 30.7. The number of amides is 1. The number of nitrogens with one attached hydrogen (secondary N) is 3.